The smallest absolute Gasteiger partial charge is 0.428 e. The van der Waals surface area contributed by atoms with Crippen LogP contribution in [0.1, 0.15) is 52.0 Å². The molecule has 0 aliphatic heterocycles. The standard InChI is InChI=1S/C30H37N3O6S3/c1-19-11-9-14-23(31-18-25(34)38-29(2,3)4)26(19)20-12-10-13-22(15-20)42(36,37)24-16-21(41-27(24)40-8)17-32-33-28(35)39-30(5,6)7/h9-17,31H,18H2,1-8H3,(H,33,35). The van der Waals surface area contributed by atoms with E-state index in [0.717, 1.165) is 11.1 Å². The molecule has 0 bridgehead atoms. The summed E-state index contributed by atoms with van der Waals surface area (Å²) in [5.41, 5.74) is 4.09. The molecular weight excluding hydrogens is 595 g/mol. The van der Waals surface area contributed by atoms with Crippen LogP contribution in [0.4, 0.5) is 10.5 Å². The lowest BCUT2D eigenvalue weighted by atomic mass is 9.98. The minimum Gasteiger partial charge on any atom is -0.459 e. The average molecular weight is 632 g/mol. The summed E-state index contributed by atoms with van der Waals surface area (Å²) in [6, 6.07) is 13.9. The number of nitrogens with one attached hydrogen (secondary N) is 2. The lowest BCUT2D eigenvalue weighted by Crippen LogP contribution is -2.29. The van der Waals surface area contributed by atoms with Crippen LogP contribution < -0.4 is 10.7 Å². The van der Waals surface area contributed by atoms with Crippen molar-refractivity contribution in [2.75, 3.05) is 18.1 Å². The molecule has 0 spiro atoms. The minimum atomic E-state index is -3.91. The Morgan fingerprint density at radius 1 is 1.00 bits per heavy atom. The van der Waals surface area contributed by atoms with Crippen molar-refractivity contribution in [2.45, 2.75) is 73.7 Å². The zero-order chi connectivity index (χ0) is 31.3. The topological polar surface area (TPSA) is 123 Å². The number of hydrazone groups is 1. The van der Waals surface area contributed by atoms with E-state index in [4.69, 9.17) is 9.47 Å². The normalized spacial score (nSPS) is 12.3. The van der Waals surface area contributed by atoms with Gasteiger partial charge in [-0.3, -0.25) is 4.79 Å². The Labute approximate surface area is 256 Å². The van der Waals surface area contributed by atoms with Crippen molar-refractivity contribution < 1.29 is 27.5 Å². The third kappa shape index (κ3) is 9.07. The lowest BCUT2D eigenvalue weighted by Gasteiger charge is -2.20. The first kappa shape index (κ1) is 33.2. The predicted octanol–water partition coefficient (Wildman–Crippen LogP) is 6.89. The number of amides is 1. The Hall–Kier alpha value is -3.35. The zero-order valence-electron chi connectivity index (χ0n) is 25.0. The molecule has 2 aromatic carbocycles. The summed E-state index contributed by atoms with van der Waals surface area (Å²) in [5, 5.41) is 7.06. The monoisotopic (exact) mass is 631 g/mol. The first-order chi connectivity index (χ1) is 19.5. The van der Waals surface area contributed by atoms with Crippen LogP contribution in [-0.4, -0.2) is 50.7 Å². The van der Waals surface area contributed by atoms with Crippen LogP contribution in [0.5, 0.6) is 0 Å². The molecule has 0 fully saturated rings. The van der Waals surface area contributed by atoms with Gasteiger partial charge in [0.25, 0.3) is 0 Å². The highest BCUT2D eigenvalue weighted by atomic mass is 32.2. The van der Waals surface area contributed by atoms with Crippen LogP contribution in [0.25, 0.3) is 11.1 Å². The molecule has 3 rings (SSSR count). The number of hydrogen-bond acceptors (Lipinski definition) is 10. The second kappa shape index (κ2) is 13.3. The fourth-order valence-corrected chi connectivity index (χ4v) is 7.85. The Kier molecular flexibility index (Phi) is 10.5. The van der Waals surface area contributed by atoms with Crippen LogP contribution in [0, 0.1) is 6.92 Å². The van der Waals surface area contributed by atoms with Gasteiger partial charge in [0.1, 0.15) is 17.7 Å². The molecule has 0 saturated carbocycles. The molecular formula is C30H37N3O6S3. The van der Waals surface area contributed by atoms with Gasteiger partial charge in [-0.25, -0.2) is 18.6 Å². The van der Waals surface area contributed by atoms with E-state index in [1.54, 1.807) is 51.3 Å². The summed E-state index contributed by atoms with van der Waals surface area (Å²) >= 11 is 2.57. The number of thiophene rings is 1. The Balaban J connectivity index is 1.90. The molecule has 3 aromatic rings. The maximum atomic E-state index is 13.8. The molecule has 0 unspecified atom stereocenters. The van der Waals surface area contributed by atoms with E-state index >= 15 is 0 Å². The Bertz CT molecular complexity index is 1580. The number of sulfone groups is 1. The number of ether oxygens (including phenoxy) is 2. The van der Waals surface area contributed by atoms with E-state index < -0.39 is 33.1 Å². The number of anilines is 1. The summed E-state index contributed by atoms with van der Waals surface area (Å²) < 4.78 is 38.9. The highest BCUT2D eigenvalue weighted by Crippen LogP contribution is 2.38. The van der Waals surface area contributed by atoms with Gasteiger partial charge in [0.05, 0.1) is 20.2 Å². The third-order valence-electron chi connectivity index (χ3n) is 5.46. The summed E-state index contributed by atoms with van der Waals surface area (Å²) in [6.45, 7) is 12.5. The lowest BCUT2D eigenvalue weighted by molar-refractivity contribution is -0.152. The molecule has 9 nitrogen and oxygen atoms in total. The quantitative estimate of drug-likeness (QED) is 0.113. The molecule has 12 heteroatoms. The van der Waals surface area contributed by atoms with Crippen LogP contribution in [0.2, 0.25) is 0 Å². The Morgan fingerprint density at radius 3 is 2.31 bits per heavy atom. The van der Waals surface area contributed by atoms with E-state index in [1.165, 1.54) is 29.3 Å². The van der Waals surface area contributed by atoms with Gasteiger partial charge in [0.15, 0.2) is 0 Å². The molecule has 1 aromatic heterocycles. The summed E-state index contributed by atoms with van der Waals surface area (Å²) in [7, 11) is -3.91. The molecule has 226 valence electrons. The van der Waals surface area contributed by atoms with Gasteiger partial charge < -0.3 is 14.8 Å². The fourth-order valence-electron chi connectivity index (χ4n) is 3.91. The largest absolute Gasteiger partial charge is 0.459 e. The van der Waals surface area contributed by atoms with Crippen LogP contribution >= 0.6 is 23.1 Å². The number of rotatable bonds is 9. The number of carbonyl (C=O) groups is 2. The average Bonchev–Trinajstić information content (AvgIpc) is 3.29. The van der Waals surface area contributed by atoms with Gasteiger partial charge >= 0.3 is 12.1 Å². The number of hydrogen-bond donors (Lipinski definition) is 2. The minimum absolute atomic E-state index is 0.0369. The number of aryl methyl sites for hydroxylation is 1. The SMILES string of the molecule is CSc1sc(C=NNC(=O)OC(C)(C)C)cc1S(=O)(=O)c1cccc(-c2c(C)cccc2NCC(=O)OC(C)(C)C)c1. The second-order valence-electron chi connectivity index (χ2n) is 11.3. The van der Waals surface area contributed by atoms with Crippen molar-refractivity contribution in [3.63, 3.8) is 0 Å². The van der Waals surface area contributed by atoms with Crippen molar-refractivity contribution in [3.8, 4) is 11.1 Å². The maximum absolute atomic E-state index is 13.8. The van der Waals surface area contributed by atoms with E-state index in [2.05, 4.69) is 15.8 Å². The molecule has 0 aliphatic carbocycles. The molecule has 1 heterocycles. The van der Waals surface area contributed by atoms with E-state index in [1.807, 2.05) is 52.0 Å². The molecule has 1 amide bonds. The fraction of sp³-hybridized carbons (Fsp3) is 0.367. The molecule has 0 saturated heterocycles. The van der Waals surface area contributed by atoms with Crippen molar-refractivity contribution in [1.29, 1.82) is 0 Å². The highest BCUT2D eigenvalue weighted by molar-refractivity contribution is 8.01. The molecule has 2 N–H and O–H groups in total. The van der Waals surface area contributed by atoms with Crippen LogP contribution in [0.15, 0.2) is 67.6 Å². The van der Waals surface area contributed by atoms with Gasteiger partial charge in [0, 0.05) is 16.1 Å². The number of carbonyl (C=O) groups excluding carboxylic acids is 2. The summed E-state index contributed by atoms with van der Waals surface area (Å²) in [4.78, 5) is 25.0. The van der Waals surface area contributed by atoms with Gasteiger partial charge in [-0.15, -0.1) is 23.1 Å². The van der Waals surface area contributed by atoms with Crippen LogP contribution in [0.3, 0.4) is 0 Å². The maximum Gasteiger partial charge on any atom is 0.428 e. The molecule has 0 radical (unpaired) electrons. The third-order valence-corrected chi connectivity index (χ3v) is 9.69. The van der Waals surface area contributed by atoms with Crippen molar-refractivity contribution >= 4 is 56.9 Å². The van der Waals surface area contributed by atoms with E-state index in [0.29, 0.717) is 20.3 Å². The van der Waals surface area contributed by atoms with E-state index in [-0.39, 0.29) is 16.3 Å². The number of esters is 1. The van der Waals surface area contributed by atoms with Crippen LogP contribution in [-0.2, 0) is 24.1 Å². The van der Waals surface area contributed by atoms with E-state index in [9.17, 15) is 18.0 Å². The molecule has 42 heavy (non-hydrogen) atoms. The number of benzene rings is 2. The van der Waals surface area contributed by atoms with Crippen molar-refractivity contribution in [2.24, 2.45) is 5.10 Å². The molecule has 0 aliphatic rings. The number of nitrogens with zero attached hydrogens (tertiary/aromatic N) is 1. The first-order valence-corrected chi connectivity index (χ1v) is 16.6. The zero-order valence-corrected chi connectivity index (χ0v) is 27.5. The molecule has 0 atom stereocenters. The second-order valence-corrected chi connectivity index (χ2v) is 15.4. The first-order valence-electron chi connectivity index (χ1n) is 13.1. The summed E-state index contributed by atoms with van der Waals surface area (Å²) in [5.74, 6) is -0.394. The summed E-state index contributed by atoms with van der Waals surface area (Å²) in [6.07, 6.45) is 2.48. The Morgan fingerprint density at radius 2 is 1.67 bits per heavy atom. The van der Waals surface area contributed by atoms with Crippen molar-refractivity contribution in [3.05, 3.63) is 59.0 Å². The van der Waals surface area contributed by atoms with Crippen molar-refractivity contribution in [1.82, 2.24) is 5.43 Å². The van der Waals surface area contributed by atoms with Gasteiger partial charge in [-0.2, -0.15) is 5.10 Å². The predicted molar refractivity (Wildman–Crippen MR) is 169 cm³/mol. The van der Waals surface area contributed by atoms with Gasteiger partial charge in [-0.05, 0) is 90.1 Å². The van der Waals surface area contributed by atoms with Gasteiger partial charge in [0.2, 0.25) is 9.84 Å². The number of thioether (sulfide) groups is 1. The highest BCUT2D eigenvalue weighted by Gasteiger charge is 2.25. The van der Waals surface area contributed by atoms with Gasteiger partial charge in [-0.1, -0.05) is 24.3 Å².